The summed E-state index contributed by atoms with van der Waals surface area (Å²) < 4.78 is 7.78. The Labute approximate surface area is 134 Å². The molecule has 0 aromatic heterocycles. The van der Waals surface area contributed by atoms with Gasteiger partial charge in [0.05, 0.1) is 5.02 Å². The predicted octanol–water partition coefficient (Wildman–Crippen LogP) is 5.16. The summed E-state index contributed by atoms with van der Waals surface area (Å²) in [4.78, 5) is 0. The molecule has 0 amide bonds. The number of benzene rings is 2. The number of rotatable bonds is 4. The maximum atomic E-state index is 6.13. The maximum Gasteiger partial charge on any atom is 0.147 e. The van der Waals surface area contributed by atoms with Crippen molar-refractivity contribution in [2.75, 3.05) is 6.54 Å². The summed E-state index contributed by atoms with van der Waals surface area (Å²) in [6, 6.07) is 11.4. The van der Waals surface area contributed by atoms with Crippen molar-refractivity contribution >= 4 is 43.5 Å². The van der Waals surface area contributed by atoms with Crippen molar-refractivity contribution in [3.63, 3.8) is 0 Å². The van der Waals surface area contributed by atoms with Crippen LogP contribution in [0.1, 0.15) is 5.56 Å². The van der Waals surface area contributed by atoms with Gasteiger partial charge in [-0.25, -0.2) is 0 Å². The Bertz CT molecular complexity index is 590. The molecule has 2 aromatic rings. The van der Waals surface area contributed by atoms with Crippen molar-refractivity contribution < 1.29 is 4.74 Å². The van der Waals surface area contributed by atoms with E-state index in [1.165, 1.54) is 0 Å². The van der Waals surface area contributed by atoms with Gasteiger partial charge in [-0.3, -0.25) is 0 Å². The molecule has 0 atom stereocenters. The number of halogens is 3. The largest absolute Gasteiger partial charge is 0.455 e. The Balaban J connectivity index is 2.36. The molecule has 0 saturated heterocycles. The average molecular weight is 406 g/mol. The van der Waals surface area contributed by atoms with Crippen LogP contribution in [0.4, 0.5) is 0 Å². The maximum absolute atomic E-state index is 6.13. The quantitative estimate of drug-likeness (QED) is 0.763. The van der Waals surface area contributed by atoms with E-state index in [9.17, 15) is 0 Å². The van der Waals surface area contributed by atoms with Crippen molar-refractivity contribution in [2.45, 2.75) is 6.42 Å². The van der Waals surface area contributed by atoms with Crippen molar-refractivity contribution in [2.24, 2.45) is 5.73 Å². The fourth-order valence-corrected chi connectivity index (χ4v) is 2.50. The van der Waals surface area contributed by atoms with Gasteiger partial charge in [-0.15, -0.1) is 0 Å². The van der Waals surface area contributed by atoms with Crippen molar-refractivity contribution in [1.82, 2.24) is 0 Å². The molecule has 0 spiro atoms. The zero-order chi connectivity index (χ0) is 13.8. The number of hydrogen-bond donors (Lipinski definition) is 1. The van der Waals surface area contributed by atoms with Gasteiger partial charge in [0.15, 0.2) is 0 Å². The first-order chi connectivity index (χ1) is 9.10. The van der Waals surface area contributed by atoms with Crippen LogP contribution >= 0.6 is 43.5 Å². The molecule has 0 heterocycles. The van der Waals surface area contributed by atoms with Crippen LogP contribution < -0.4 is 10.5 Å². The Morgan fingerprint density at radius 3 is 2.32 bits per heavy atom. The highest BCUT2D eigenvalue weighted by atomic mass is 79.9. The Morgan fingerprint density at radius 1 is 1.00 bits per heavy atom. The topological polar surface area (TPSA) is 35.2 Å². The number of ether oxygens (including phenoxy) is 1. The molecule has 2 rings (SSSR count). The van der Waals surface area contributed by atoms with E-state index in [0.717, 1.165) is 26.7 Å². The van der Waals surface area contributed by atoms with Gasteiger partial charge in [-0.2, -0.15) is 0 Å². The zero-order valence-corrected chi connectivity index (χ0v) is 13.9. The van der Waals surface area contributed by atoms with Gasteiger partial charge < -0.3 is 10.5 Å². The van der Waals surface area contributed by atoms with Crippen molar-refractivity contribution in [1.29, 1.82) is 0 Å². The smallest absolute Gasteiger partial charge is 0.147 e. The molecule has 100 valence electrons. The third-order valence-corrected chi connectivity index (χ3v) is 3.85. The summed E-state index contributed by atoms with van der Waals surface area (Å²) in [5.41, 5.74) is 6.67. The van der Waals surface area contributed by atoms with Crippen LogP contribution in [0.2, 0.25) is 5.02 Å². The molecular formula is C14H12Br2ClNO. The van der Waals surface area contributed by atoms with Crippen molar-refractivity contribution in [3.05, 3.63) is 55.9 Å². The van der Waals surface area contributed by atoms with E-state index in [4.69, 9.17) is 22.1 Å². The second-order valence-corrected chi connectivity index (χ2v) is 6.21. The molecule has 0 bridgehead atoms. The van der Waals surface area contributed by atoms with Gasteiger partial charge >= 0.3 is 0 Å². The fraction of sp³-hybridized carbons (Fsp3) is 0.143. The van der Waals surface area contributed by atoms with Gasteiger partial charge in [0.2, 0.25) is 0 Å². The lowest BCUT2D eigenvalue weighted by Gasteiger charge is -2.12. The minimum Gasteiger partial charge on any atom is -0.455 e. The molecule has 0 aliphatic carbocycles. The van der Waals surface area contributed by atoms with Gasteiger partial charge in [-0.05, 0) is 48.9 Å². The van der Waals surface area contributed by atoms with Crippen molar-refractivity contribution in [3.8, 4) is 11.5 Å². The van der Waals surface area contributed by atoms with E-state index in [-0.39, 0.29) is 0 Å². The molecule has 2 nitrogen and oxygen atoms in total. The molecule has 0 saturated carbocycles. The summed E-state index contributed by atoms with van der Waals surface area (Å²) in [6.07, 6.45) is 0.758. The molecule has 19 heavy (non-hydrogen) atoms. The van der Waals surface area contributed by atoms with Crippen LogP contribution in [0.15, 0.2) is 45.3 Å². The third-order valence-electron chi connectivity index (χ3n) is 2.56. The van der Waals surface area contributed by atoms with Crippen LogP contribution in [0.3, 0.4) is 0 Å². The molecule has 5 heteroatoms. The summed E-state index contributed by atoms with van der Waals surface area (Å²) in [5, 5.41) is 0.571. The average Bonchev–Trinajstić information content (AvgIpc) is 2.37. The highest BCUT2D eigenvalue weighted by molar-refractivity contribution is 9.10. The second kappa shape index (κ2) is 6.75. The second-order valence-electron chi connectivity index (χ2n) is 3.97. The normalized spacial score (nSPS) is 10.5. The molecule has 0 aliphatic heterocycles. The van der Waals surface area contributed by atoms with Crippen LogP contribution in [-0.2, 0) is 6.42 Å². The Kier molecular flexibility index (Phi) is 5.28. The number of nitrogens with two attached hydrogens (primary N) is 1. The zero-order valence-electron chi connectivity index (χ0n) is 10.00. The standard InChI is InChI=1S/C14H12Br2ClNO/c15-10-2-1-9(5-6-18)13(7-10)19-14-8-11(16)3-4-12(14)17/h1-4,7-8H,5-6,18H2. The van der Waals surface area contributed by atoms with Crippen LogP contribution in [0.5, 0.6) is 11.5 Å². The summed E-state index contributed by atoms with van der Waals surface area (Å²) in [5.74, 6) is 1.38. The molecule has 0 radical (unpaired) electrons. The van der Waals surface area contributed by atoms with Gasteiger partial charge in [0.1, 0.15) is 11.5 Å². The predicted molar refractivity (Wildman–Crippen MR) is 86.1 cm³/mol. The molecule has 0 unspecified atom stereocenters. The van der Waals surface area contributed by atoms with E-state index in [0.29, 0.717) is 17.3 Å². The van der Waals surface area contributed by atoms with E-state index in [2.05, 4.69) is 31.9 Å². The molecule has 0 aliphatic rings. The van der Waals surface area contributed by atoms with E-state index in [1.807, 2.05) is 30.3 Å². The van der Waals surface area contributed by atoms with Gasteiger partial charge in [0.25, 0.3) is 0 Å². The Morgan fingerprint density at radius 2 is 1.63 bits per heavy atom. The lowest BCUT2D eigenvalue weighted by atomic mass is 10.1. The minimum absolute atomic E-state index is 0.571. The first kappa shape index (κ1) is 14.9. The highest BCUT2D eigenvalue weighted by Crippen LogP contribution is 2.34. The first-order valence-electron chi connectivity index (χ1n) is 5.71. The van der Waals surface area contributed by atoms with E-state index < -0.39 is 0 Å². The molecule has 2 N–H and O–H groups in total. The summed E-state index contributed by atoms with van der Waals surface area (Å²) >= 11 is 13.0. The van der Waals surface area contributed by atoms with Gasteiger partial charge in [0, 0.05) is 8.95 Å². The minimum atomic E-state index is 0.571. The molecule has 0 fully saturated rings. The summed E-state index contributed by atoms with van der Waals surface area (Å²) in [6.45, 7) is 0.574. The van der Waals surface area contributed by atoms with Crippen LogP contribution in [0, 0.1) is 0 Å². The monoisotopic (exact) mass is 403 g/mol. The molecular weight excluding hydrogens is 393 g/mol. The SMILES string of the molecule is NCCc1ccc(Br)cc1Oc1cc(Br)ccc1Cl. The van der Waals surface area contributed by atoms with Gasteiger partial charge in [-0.1, -0.05) is 49.5 Å². The molecule has 2 aromatic carbocycles. The lowest BCUT2D eigenvalue weighted by Crippen LogP contribution is -2.04. The van der Waals surface area contributed by atoms with E-state index in [1.54, 1.807) is 6.07 Å². The van der Waals surface area contributed by atoms with Crippen LogP contribution in [-0.4, -0.2) is 6.54 Å². The first-order valence-corrected chi connectivity index (χ1v) is 7.68. The fourth-order valence-electron chi connectivity index (χ4n) is 1.66. The number of hydrogen-bond acceptors (Lipinski definition) is 2. The van der Waals surface area contributed by atoms with E-state index >= 15 is 0 Å². The lowest BCUT2D eigenvalue weighted by molar-refractivity contribution is 0.476. The highest BCUT2D eigenvalue weighted by Gasteiger charge is 2.09. The van der Waals surface area contributed by atoms with Crippen LogP contribution in [0.25, 0.3) is 0 Å². The summed E-state index contributed by atoms with van der Waals surface area (Å²) in [7, 11) is 0. The Hall–Kier alpha value is -0.550. The third kappa shape index (κ3) is 3.96.